The summed E-state index contributed by atoms with van der Waals surface area (Å²) in [5, 5.41) is 5.01. The van der Waals surface area contributed by atoms with Crippen LogP contribution in [0.5, 0.6) is 0 Å². The normalized spacial score (nSPS) is 20.7. The van der Waals surface area contributed by atoms with Crippen LogP contribution in [0.15, 0.2) is 5.10 Å². The molecule has 0 aromatic heterocycles. The van der Waals surface area contributed by atoms with Gasteiger partial charge in [0.25, 0.3) is 5.91 Å². The Bertz CT molecular complexity index is 455. The molecule has 1 unspecified atom stereocenters. The van der Waals surface area contributed by atoms with E-state index in [4.69, 9.17) is 4.74 Å². The average Bonchev–Trinajstić information content (AvgIpc) is 2.94. The lowest BCUT2D eigenvalue weighted by atomic mass is 10.2. The van der Waals surface area contributed by atoms with E-state index in [-0.39, 0.29) is 30.4 Å². The molecular weight excluding hydrogens is 262 g/mol. The molecule has 0 aromatic rings. The number of carbonyl (C=O) groups is 3. The Labute approximate surface area is 117 Å². The molecule has 0 radical (unpaired) electrons. The largest absolute Gasteiger partial charge is 0.448 e. The predicted octanol–water partition coefficient (Wildman–Crippen LogP) is 0.149. The van der Waals surface area contributed by atoms with E-state index in [0.29, 0.717) is 0 Å². The van der Waals surface area contributed by atoms with Gasteiger partial charge in [0, 0.05) is 33.0 Å². The number of hydrogen-bond acceptors (Lipinski definition) is 5. The van der Waals surface area contributed by atoms with E-state index in [9.17, 15) is 14.4 Å². The van der Waals surface area contributed by atoms with E-state index in [0.717, 1.165) is 30.9 Å². The number of likely N-dealkylation sites (tertiary alicyclic amines) is 1. The Morgan fingerprint density at radius 2 is 1.90 bits per heavy atom. The third-order valence-corrected chi connectivity index (χ3v) is 3.49. The fraction of sp³-hybridized carbons (Fsp3) is 0.692. The van der Waals surface area contributed by atoms with Crippen molar-refractivity contribution in [2.45, 2.75) is 38.7 Å². The Balaban J connectivity index is 1.92. The molecule has 1 atom stereocenters. The summed E-state index contributed by atoms with van der Waals surface area (Å²) in [7, 11) is 1.49. The van der Waals surface area contributed by atoms with Crippen LogP contribution < -0.4 is 0 Å². The number of rotatable bonds is 3. The van der Waals surface area contributed by atoms with Crippen molar-refractivity contribution in [2.24, 2.45) is 5.10 Å². The number of carbonyl (C=O) groups excluding carboxylic acids is 3. The van der Waals surface area contributed by atoms with Crippen molar-refractivity contribution in [1.29, 1.82) is 0 Å². The van der Waals surface area contributed by atoms with Gasteiger partial charge < -0.3 is 9.64 Å². The highest BCUT2D eigenvalue weighted by Gasteiger charge is 2.29. The van der Waals surface area contributed by atoms with Gasteiger partial charge in [0.15, 0.2) is 6.10 Å². The Morgan fingerprint density at radius 1 is 1.25 bits per heavy atom. The molecule has 2 aliphatic rings. The van der Waals surface area contributed by atoms with E-state index in [2.05, 4.69) is 5.10 Å². The van der Waals surface area contributed by atoms with Crippen LogP contribution in [0.25, 0.3) is 0 Å². The standard InChI is InChI=1S/C13H19N3O4/c1-9(12(18)16-7-3-4-8-16)20-13(19)10-5-6-11(17)15(2)14-10/h9H,3-8H2,1-2H3. The summed E-state index contributed by atoms with van der Waals surface area (Å²) in [5.41, 5.74) is 0.188. The molecule has 7 nitrogen and oxygen atoms in total. The minimum atomic E-state index is -0.814. The monoisotopic (exact) mass is 281 g/mol. The molecule has 0 saturated carbocycles. The van der Waals surface area contributed by atoms with E-state index < -0.39 is 12.1 Å². The maximum absolute atomic E-state index is 12.0. The van der Waals surface area contributed by atoms with Crippen molar-refractivity contribution < 1.29 is 19.1 Å². The van der Waals surface area contributed by atoms with Crippen LogP contribution in [0.3, 0.4) is 0 Å². The number of ether oxygens (including phenoxy) is 1. The number of hydrazone groups is 1. The van der Waals surface area contributed by atoms with E-state index in [1.807, 2.05) is 0 Å². The van der Waals surface area contributed by atoms with E-state index in [1.54, 1.807) is 11.8 Å². The fourth-order valence-corrected chi connectivity index (χ4v) is 2.29. The minimum Gasteiger partial charge on any atom is -0.448 e. The summed E-state index contributed by atoms with van der Waals surface area (Å²) in [5.74, 6) is -0.927. The van der Waals surface area contributed by atoms with Gasteiger partial charge >= 0.3 is 5.97 Å². The molecule has 0 aromatic carbocycles. The Morgan fingerprint density at radius 3 is 2.50 bits per heavy atom. The van der Waals surface area contributed by atoms with Gasteiger partial charge in [-0.2, -0.15) is 5.10 Å². The average molecular weight is 281 g/mol. The summed E-state index contributed by atoms with van der Waals surface area (Å²) in [6.07, 6.45) is 1.66. The number of nitrogens with zero attached hydrogens (tertiary/aromatic N) is 3. The zero-order chi connectivity index (χ0) is 14.7. The highest BCUT2D eigenvalue weighted by Crippen LogP contribution is 2.12. The van der Waals surface area contributed by atoms with E-state index in [1.165, 1.54) is 7.05 Å². The Hall–Kier alpha value is -1.92. The molecule has 0 aliphatic carbocycles. The van der Waals surface area contributed by atoms with Crippen LogP contribution in [-0.2, 0) is 19.1 Å². The van der Waals surface area contributed by atoms with Crippen LogP contribution in [0.1, 0.15) is 32.6 Å². The van der Waals surface area contributed by atoms with Gasteiger partial charge in [-0.1, -0.05) is 0 Å². The zero-order valence-electron chi connectivity index (χ0n) is 11.8. The van der Waals surface area contributed by atoms with Crippen molar-refractivity contribution in [2.75, 3.05) is 20.1 Å². The number of esters is 1. The first-order chi connectivity index (χ1) is 9.49. The van der Waals surface area contributed by atoms with Gasteiger partial charge in [-0.3, -0.25) is 9.59 Å². The summed E-state index contributed by atoms with van der Waals surface area (Å²) in [6.45, 7) is 3.01. The summed E-state index contributed by atoms with van der Waals surface area (Å²) >= 11 is 0. The van der Waals surface area contributed by atoms with Crippen molar-refractivity contribution in [3.63, 3.8) is 0 Å². The van der Waals surface area contributed by atoms with Crippen LogP contribution >= 0.6 is 0 Å². The first-order valence-corrected chi connectivity index (χ1v) is 6.83. The molecule has 0 N–H and O–H groups in total. The molecule has 1 fully saturated rings. The molecule has 0 bridgehead atoms. The van der Waals surface area contributed by atoms with Crippen LogP contribution in [-0.4, -0.2) is 59.6 Å². The van der Waals surface area contributed by atoms with Crippen LogP contribution in [0, 0.1) is 0 Å². The topological polar surface area (TPSA) is 79.3 Å². The van der Waals surface area contributed by atoms with Gasteiger partial charge in [-0.05, 0) is 19.8 Å². The molecule has 0 spiro atoms. The third-order valence-electron chi connectivity index (χ3n) is 3.49. The fourth-order valence-electron chi connectivity index (χ4n) is 2.29. The molecule has 1 saturated heterocycles. The summed E-state index contributed by atoms with van der Waals surface area (Å²) in [6, 6.07) is 0. The molecule has 2 rings (SSSR count). The second-order valence-electron chi connectivity index (χ2n) is 5.04. The molecule has 2 heterocycles. The van der Waals surface area contributed by atoms with Crippen molar-refractivity contribution in [3.05, 3.63) is 0 Å². The maximum Gasteiger partial charge on any atom is 0.355 e. The zero-order valence-corrected chi connectivity index (χ0v) is 11.8. The molecule has 7 heteroatoms. The van der Waals surface area contributed by atoms with E-state index >= 15 is 0 Å². The first-order valence-electron chi connectivity index (χ1n) is 6.83. The molecular formula is C13H19N3O4. The van der Waals surface area contributed by atoms with Crippen LogP contribution in [0.4, 0.5) is 0 Å². The van der Waals surface area contributed by atoms with Gasteiger partial charge in [0.05, 0.1) is 0 Å². The SMILES string of the molecule is CC(OC(=O)C1=NN(C)C(=O)CC1)C(=O)N1CCCC1. The van der Waals surface area contributed by atoms with Crippen molar-refractivity contribution in [3.8, 4) is 0 Å². The van der Waals surface area contributed by atoms with Crippen molar-refractivity contribution in [1.82, 2.24) is 9.91 Å². The maximum atomic E-state index is 12.0. The molecule has 2 aliphatic heterocycles. The molecule has 2 amide bonds. The highest BCUT2D eigenvalue weighted by atomic mass is 16.5. The highest BCUT2D eigenvalue weighted by molar-refractivity contribution is 6.37. The third kappa shape index (κ3) is 3.15. The van der Waals surface area contributed by atoms with Crippen LogP contribution in [0.2, 0.25) is 0 Å². The summed E-state index contributed by atoms with van der Waals surface area (Å²) < 4.78 is 5.15. The molecule has 110 valence electrons. The lowest BCUT2D eigenvalue weighted by Gasteiger charge is -2.22. The quantitative estimate of drug-likeness (QED) is 0.690. The first kappa shape index (κ1) is 14.5. The van der Waals surface area contributed by atoms with Gasteiger partial charge in [0.1, 0.15) is 5.71 Å². The smallest absolute Gasteiger partial charge is 0.355 e. The lowest BCUT2D eigenvalue weighted by Crippen LogP contribution is -2.40. The second kappa shape index (κ2) is 6.02. The second-order valence-corrected chi connectivity index (χ2v) is 5.04. The summed E-state index contributed by atoms with van der Waals surface area (Å²) in [4.78, 5) is 36.9. The lowest BCUT2D eigenvalue weighted by molar-refractivity contribution is -0.153. The predicted molar refractivity (Wildman–Crippen MR) is 70.8 cm³/mol. The Kier molecular flexibility index (Phi) is 4.36. The number of hydrogen-bond donors (Lipinski definition) is 0. The van der Waals surface area contributed by atoms with Crippen molar-refractivity contribution >= 4 is 23.5 Å². The van der Waals surface area contributed by atoms with Gasteiger partial charge in [-0.15, -0.1) is 0 Å². The minimum absolute atomic E-state index is 0.136. The van der Waals surface area contributed by atoms with Gasteiger partial charge in [-0.25, -0.2) is 9.80 Å². The van der Waals surface area contributed by atoms with Gasteiger partial charge in [0.2, 0.25) is 5.91 Å². The number of amides is 2. The molecule has 20 heavy (non-hydrogen) atoms.